The summed E-state index contributed by atoms with van der Waals surface area (Å²) in [5, 5.41) is 8.68. The van der Waals surface area contributed by atoms with Crippen LogP contribution in [-0.2, 0) is 0 Å². The molecule has 1 aromatic rings. The molecule has 2 rings (SSSR count). The van der Waals surface area contributed by atoms with Crippen LogP contribution >= 0.6 is 0 Å². The molecule has 1 nitrogen and oxygen atoms in total. The maximum absolute atomic E-state index is 13.6. The van der Waals surface area contributed by atoms with Crippen molar-refractivity contribution in [3.8, 4) is 6.07 Å². The lowest BCUT2D eigenvalue weighted by Gasteiger charge is -2.28. The van der Waals surface area contributed by atoms with Crippen LogP contribution in [0.15, 0.2) is 24.3 Å². The molecule has 0 spiro atoms. The van der Waals surface area contributed by atoms with E-state index in [2.05, 4.69) is 12.2 Å². The molecule has 0 aliphatic heterocycles. The van der Waals surface area contributed by atoms with Crippen molar-refractivity contribution in [2.75, 3.05) is 0 Å². The van der Waals surface area contributed by atoms with Crippen LogP contribution in [0.5, 0.6) is 0 Å². The Morgan fingerprint density at radius 3 is 2.30 bits per heavy atom. The van der Waals surface area contributed by atoms with Gasteiger partial charge in [0, 0.05) is 0 Å². The zero-order valence-electron chi connectivity index (χ0n) is 11.7. The highest BCUT2D eigenvalue weighted by molar-refractivity contribution is 5.36. The predicted molar refractivity (Wildman–Crippen MR) is 75.2 cm³/mol. The second kappa shape index (κ2) is 6.65. The summed E-state index contributed by atoms with van der Waals surface area (Å²) in [6, 6.07) is 4.23. The number of hydrogen-bond acceptors (Lipinski definition) is 1. The highest BCUT2D eigenvalue weighted by Gasteiger charge is 2.23. The Labute approximate surface area is 118 Å². The largest absolute Gasteiger partial charge is 0.205 e. The topological polar surface area (TPSA) is 23.8 Å². The molecule has 20 heavy (non-hydrogen) atoms. The van der Waals surface area contributed by atoms with Gasteiger partial charge >= 0.3 is 0 Å². The van der Waals surface area contributed by atoms with Gasteiger partial charge in [-0.05, 0) is 68.6 Å². The Kier molecular flexibility index (Phi) is 4.89. The second-order valence-corrected chi connectivity index (χ2v) is 5.49. The van der Waals surface area contributed by atoms with Crippen molar-refractivity contribution < 1.29 is 8.78 Å². The van der Waals surface area contributed by atoms with Crippen molar-refractivity contribution in [2.24, 2.45) is 5.92 Å². The van der Waals surface area contributed by atoms with Crippen molar-refractivity contribution >= 4 is 0 Å². The molecular weight excluding hydrogens is 256 g/mol. The van der Waals surface area contributed by atoms with E-state index in [0.717, 1.165) is 32.1 Å². The third-order valence-corrected chi connectivity index (χ3v) is 4.20. The van der Waals surface area contributed by atoms with Crippen molar-refractivity contribution in [3.63, 3.8) is 0 Å². The first-order valence-corrected chi connectivity index (χ1v) is 7.16. The minimum absolute atomic E-state index is 0.216. The smallest absolute Gasteiger partial charge is 0.144 e. The van der Waals surface area contributed by atoms with E-state index in [4.69, 9.17) is 5.26 Å². The monoisotopic (exact) mass is 275 g/mol. The normalized spacial score (nSPS) is 22.9. The summed E-state index contributed by atoms with van der Waals surface area (Å²) in [5.41, 5.74) is 0.221. The molecule has 0 radical (unpaired) electrons. The number of nitrogens with zero attached hydrogens (tertiary/aromatic N) is 1. The standard InChI is InChI=1S/C17H19F2N/c1-2-3-4-12-5-7-13(8-6-12)14-9-16(18)15(11-20)17(19)10-14/h2-3,9-10,12-13H,4-8H2,1H3. The lowest BCUT2D eigenvalue weighted by Crippen LogP contribution is -2.13. The van der Waals surface area contributed by atoms with Crippen LogP contribution in [0.2, 0.25) is 0 Å². The molecule has 0 aromatic heterocycles. The van der Waals surface area contributed by atoms with Crippen LogP contribution in [0.1, 0.15) is 56.1 Å². The van der Waals surface area contributed by atoms with Crippen LogP contribution in [0, 0.1) is 28.9 Å². The first kappa shape index (κ1) is 14.7. The molecule has 0 unspecified atom stereocenters. The molecule has 0 saturated heterocycles. The third kappa shape index (κ3) is 3.25. The molecule has 0 amide bonds. The van der Waals surface area contributed by atoms with Gasteiger partial charge in [-0.2, -0.15) is 5.26 Å². The van der Waals surface area contributed by atoms with Gasteiger partial charge < -0.3 is 0 Å². The summed E-state index contributed by atoms with van der Waals surface area (Å²) in [6.45, 7) is 2.02. The van der Waals surface area contributed by atoms with E-state index >= 15 is 0 Å². The van der Waals surface area contributed by atoms with E-state index in [1.807, 2.05) is 6.92 Å². The molecule has 1 aromatic carbocycles. The van der Waals surface area contributed by atoms with Gasteiger partial charge in [0.25, 0.3) is 0 Å². The van der Waals surface area contributed by atoms with Gasteiger partial charge in [0.15, 0.2) is 0 Å². The van der Waals surface area contributed by atoms with E-state index in [1.54, 1.807) is 6.07 Å². The zero-order valence-corrected chi connectivity index (χ0v) is 11.7. The first-order valence-electron chi connectivity index (χ1n) is 7.16. The zero-order chi connectivity index (χ0) is 14.5. The fourth-order valence-electron chi connectivity index (χ4n) is 3.00. The summed E-state index contributed by atoms with van der Waals surface area (Å²) in [4.78, 5) is 0. The fraction of sp³-hybridized carbons (Fsp3) is 0.471. The molecule has 1 aliphatic rings. The van der Waals surface area contributed by atoms with Crippen molar-refractivity contribution in [1.82, 2.24) is 0 Å². The van der Waals surface area contributed by atoms with Gasteiger partial charge in [-0.1, -0.05) is 12.2 Å². The molecule has 0 bridgehead atoms. The van der Waals surface area contributed by atoms with Crippen molar-refractivity contribution in [3.05, 3.63) is 47.0 Å². The average Bonchev–Trinajstić information content (AvgIpc) is 2.45. The summed E-state index contributed by atoms with van der Waals surface area (Å²) in [7, 11) is 0. The SMILES string of the molecule is CC=CCC1CCC(c2cc(F)c(C#N)c(F)c2)CC1. The minimum atomic E-state index is -0.737. The number of nitriles is 1. The molecule has 0 atom stereocenters. The minimum Gasteiger partial charge on any atom is -0.205 e. The Morgan fingerprint density at radius 2 is 1.80 bits per heavy atom. The van der Waals surface area contributed by atoms with Crippen molar-refractivity contribution in [2.45, 2.75) is 44.9 Å². The quantitative estimate of drug-likeness (QED) is 0.706. The average molecular weight is 275 g/mol. The molecule has 106 valence electrons. The van der Waals surface area contributed by atoms with E-state index in [-0.39, 0.29) is 5.92 Å². The molecule has 3 heteroatoms. The van der Waals surface area contributed by atoms with E-state index in [9.17, 15) is 8.78 Å². The van der Waals surface area contributed by atoms with Gasteiger partial charge in [-0.3, -0.25) is 0 Å². The molecular formula is C17H19F2N. The highest BCUT2D eigenvalue weighted by atomic mass is 19.1. The summed E-state index contributed by atoms with van der Waals surface area (Å²) < 4.78 is 27.3. The van der Waals surface area contributed by atoms with Gasteiger partial charge in [-0.25, -0.2) is 8.78 Å². The number of rotatable bonds is 3. The Hall–Kier alpha value is -1.69. The molecule has 0 heterocycles. The van der Waals surface area contributed by atoms with Gasteiger partial charge in [0.2, 0.25) is 0 Å². The van der Waals surface area contributed by atoms with Crippen LogP contribution in [-0.4, -0.2) is 0 Å². The van der Waals surface area contributed by atoms with E-state index < -0.39 is 17.2 Å². The Bertz CT molecular complexity index is 511. The van der Waals surface area contributed by atoms with Crippen LogP contribution in [0.3, 0.4) is 0 Å². The maximum atomic E-state index is 13.6. The number of benzene rings is 1. The van der Waals surface area contributed by atoms with E-state index in [1.165, 1.54) is 12.1 Å². The third-order valence-electron chi connectivity index (χ3n) is 4.20. The number of halogens is 2. The number of allylic oxidation sites excluding steroid dienone is 2. The van der Waals surface area contributed by atoms with Gasteiger partial charge in [0.05, 0.1) is 0 Å². The molecule has 1 saturated carbocycles. The van der Waals surface area contributed by atoms with Gasteiger partial charge in [-0.15, -0.1) is 0 Å². The predicted octanol–water partition coefficient (Wildman–Crippen LogP) is 5.08. The fourth-order valence-corrected chi connectivity index (χ4v) is 3.00. The summed E-state index contributed by atoms with van der Waals surface area (Å²) >= 11 is 0. The molecule has 1 aliphatic carbocycles. The van der Waals surface area contributed by atoms with Crippen molar-refractivity contribution in [1.29, 1.82) is 5.26 Å². The lowest BCUT2D eigenvalue weighted by atomic mass is 9.77. The van der Waals surface area contributed by atoms with Gasteiger partial charge in [0.1, 0.15) is 23.3 Å². The Balaban J connectivity index is 2.06. The maximum Gasteiger partial charge on any atom is 0.144 e. The van der Waals surface area contributed by atoms with E-state index in [0.29, 0.717) is 11.5 Å². The molecule has 0 N–H and O–H groups in total. The van der Waals surface area contributed by atoms with Crippen LogP contribution in [0.25, 0.3) is 0 Å². The highest BCUT2D eigenvalue weighted by Crippen LogP contribution is 2.37. The van der Waals surface area contributed by atoms with Crippen LogP contribution < -0.4 is 0 Å². The first-order chi connectivity index (χ1) is 9.65. The lowest BCUT2D eigenvalue weighted by molar-refractivity contribution is 0.327. The van der Waals surface area contributed by atoms with Crippen LogP contribution in [0.4, 0.5) is 8.78 Å². The molecule has 1 fully saturated rings. The Morgan fingerprint density at radius 1 is 1.20 bits per heavy atom. The summed E-state index contributed by atoms with van der Waals surface area (Å²) in [5.74, 6) is -0.568. The number of hydrogen-bond donors (Lipinski definition) is 0. The summed E-state index contributed by atoms with van der Waals surface area (Å²) in [6.07, 6.45) is 9.47. The second-order valence-electron chi connectivity index (χ2n) is 5.49.